The van der Waals surface area contributed by atoms with Gasteiger partial charge in [-0.1, -0.05) is 52.4 Å². The van der Waals surface area contributed by atoms with Gasteiger partial charge in [-0.25, -0.2) is 14.6 Å². The van der Waals surface area contributed by atoms with Crippen LogP contribution in [0.25, 0.3) is 0 Å². The van der Waals surface area contributed by atoms with Gasteiger partial charge >= 0.3 is 11.9 Å². The number of aromatic nitrogens is 1. The topological polar surface area (TPSA) is 139 Å². The van der Waals surface area contributed by atoms with Crippen LogP contribution in [-0.2, 0) is 29.3 Å². The van der Waals surface area contributed by atoms with Gasteiger partial charge in [0.1, 0.15) is 0 Å². The molecule has 2 aliphatic rings. The van der Waals surface area contributed by atoms with E-state index in [1.807, 2.05) is 6.92 Å². The summed E-state index contributed by atoms with van der Waals surface area (Å²) >= 11 is 5.32. The van der Waals surface area contributed by atoms with Gasteiger partial charge in [-0.05, 0) is 53.4 Å². The third kappa shape index (κ3) is 10.0. The second-order valence-corrected chi connectivity index (χ2v) is 10.9. The van der Waals surface area contributed by atoms with E-state index in [4.69, 9.17) is 26.5 Å². The Balaban J connectivity index is 0.000000309. The molecule has 0 aromatic carbocycles. The van der Waals surface area contributed by atoms with Crippen LogP contribution in [-0.4, -0.2) is 47.2 Å². The number of oxazole rings is 1. The number of rotatable bonds is 7. The van der Waals surface area contributed by atoms with Crippen molar-refractivity contribution in [3.05, 3.63) is 17.3 Å². The van der Waals surface area contributed by atoms with E-state index in [9.17, 15) is 19.2 Å². The number of nitrogens with zero attached hydrogens (tertiary/aromatic N) is 1. The monoisotopic (exact) mass is 556 g/mol. The molecule has 0 bridgehead atoms. The number of amides is 1. The first-order valence-electron chi connectivity index (χ1n) is 13.6. The summed E-state index contributed by atoms with van der Waals surface area (Å²) in [4.78, 5) is 48.1. The second kappa shape index (κ2) is 15.9. The van der Waals surface area contributed by atoms with E-state index in [1.54, 1.807) is 20.8 Å². The Bertz CT molecular complexity index is 932. The third-order valence-electron chi connectivity index (χ3n) is 7.13. The van der Waals surface area contributed by atoms with Gasteiger partial charge in [0.25, 0.3) is 0 Å². The van der Waals surface area contributed by atoms with Crippen molar-refractivity contribution in [2.45, 2.75) is 117 Å². The van der Waals surface area contributed by atoms with Gasteiger partial charge in [-0.15, -0.1) is 11.6 Å². The fourth-order valence-electron chi connectivity index (χ4n) is 4.55. The normalized spacial score (nSPS) is 18.4. The summed E-state index contributed by atoms with van der Waals surface area (Å²) in [6.45, 7) is 11.2. The quantitative estimate of drug-likeness (QED) is 0.261. The highest BCUT2D eigenvalue weighted by atomic mass is 35.5. The van der Waals surface area contributed by atoms with Crippen molar-refractivity contribution in [1.29, 1.82) is 0 Å². The molecule has 1 amide bonds. The summed E-state index contributed by atoms with van der Waals surface area (Å²) in [6, 6.07) is 0. The molecule has 1 atom stereocenters. The average Bonchev–Trinajstić information content (AvgIpc) is 3.28. The minimum atomic E-state index is -1.14. The van der Waals surface area contributed by atoms with Crippen LogP contribution in [0, 0.1) is 12.3 Å². The highest BCUT2D eigenvalue weighted by molar-refractivity contribution is 6.40. The number of Topliss-reactive ketones (excluding diaryl/α,β-unsaturated/α-hetero) is 1. The Morgan fingerprint density at radius 1 is 0.947 bits per heavy atom. The van der Waals surface area contributed by atoms with E-state index in [0.29, 0.717) is 18.2 Å². The minimum Gasteiger partial charge on any atom is -0.465 e. The minimum absolute atomic E-state index is 0.0201. The van der Waals surface area contributed by atoms with Crippen LogP contribution in [0.15, 0.2) is 4.42 Å². The molecule has 2 aliphatic carbocycles. The summed E-state index contributed by atoms with van der Waals surface area (Å²) in [5, 5.41) is -1.14. The van der Waals surface area contributed by atoms with Crippen molar-refractivity contribution in [2.75, 3.05) is 13.2 Å². The van der Waals surface area contributed by atoms with Gasteiger partial charge in [0, 0.05) is 10.8 Å². The van der Waals surface area contributed by atoms with Crippen LogP contribution >= 0.6 is 11.6 Å². The first kappa shape index (κ1) is 33.6. The summed E-state index contributed by atoms with van der Waals surface area (Å²) in [5.41, 5.74) is 5.69. The maximum absolute atomic E-state index is 11.7. The van der Waals surface area contributed by atoms with Gasteiger partial charge in [0.2, 0.25) is 17.6 Å². The number of halogens is 1. The predicted octanol–water partition coefficient (Wildman–Crippen LogP) is 5.57. The number of esters is 2. The lowest BCUT2D eigenvalue weighted by Gasteiger charge is -2.30. The lowest BCUT2D eigenvalue weighted by Crippen LogP contribution is -2.35. The summed E-state index contributed by atoms with van der Waals surface area (Å²) in [5.74, 6) is -0.626. The number of primary amides is 1. The molecule has 1 unspecified atom stereocenters. The predicted molar refractivity (Wildman–Crippen MR) is 145 cm³/mol. The van der Waals surface area contributed by atoms with E-state index in [0.717, 1.165) is 25.7 Å². The fraction of sp³-hybridized carbons (Fsp3) is 0.750. The first-order valence-corrected chi connectivity index (χ1v) is 14.0. The zero-order valence-corrected chi connectivity index (χ0v) is 24.6. The van der Waals surface area contributed by atoms with Crippen LogP contribution in [0.1, 0.15) is 121 Å². The molecular weight excluding hydrogens is 512 g/mol. The molecular formula is C28H45ClN2O7. The molecule has 9 nitrogen and oxygen atoms in total. The van der Waals surface area contributed by atoms with Gasteiger partial charge in [0.05, 0.1) is 18.9 Å². The van der Waals surface area contributed by atoms with Crippen molar-refractivity contribution in [3.8, 4) is 0 Å². The Morgan fingerprint density at radius 3 is 1.87 bits per heavy atom. The Morgan fingerprint density at radius 2 is 1.45 bits per heavy atom. The highest BCUT2D eigenvalue weighted by Gasteiger charge is 2.35. The number of ketones is 1. The smallest absolute Gasteiger partial charge is 0.376 e. The number of carbonyl (C=O) groups excluding carboxylic acids is 4. The molecule has 38 heavy (non-hydrogen) atoms. The molecule has 3 rings (SSSR count). The van der Waals surface area contributed by atoms with Crippen molar-refractivity contribution < 1.29 is 33.1 Å². The molecule has 0 aliphatic heterocycles. The van der Waals surface area contributed by atoms with E-state index in [2.05, 4.69) is 16.6 Å². The number of hydrogen-bond acceptors (Lipinski definition) is 8. The third-order valence-corrected chi connectivity index (χ3v) is 7.62. The number of ether oxygens (including phenoxy) is 2. The largest absolute Gasteiger partial charge is 0.465 e. The SMILES string of the molecule is CC1(C(N)=O)CCCCC1.CCOC(=O)C(Cl)C(C)=O.CCOC(=O)c1oc(C2(C)CCCCC2)nc1C. The molecule has 2 saturated carbocycles. The number of nitrogens with two attached hydrogens (primary N) is 1. The van der Waals surface area contributed by atoms with Gasteiger partial charge in [-0.2, -0.15) is 0 Å². The van der Waals surface area contributed by atoms with E-state index < -0.39 is 17.3 Å². The second-order valence-electron chi connectivity index (χ2n) is 10.5. The van der Waals surface area contributed by atoms with E-state index >= 15 is 0 Å². The summed E-state index contributed by atoms with van der Waals surface area (Å²) < 4.78 is 15.1. The zero-order valence-electron chi connectivity index (χ0n) is 23.8. The molecule has 2 fully saturated rings. The van der Waals surface area contributed by atoms with E-state index in [-0.39, 0.29) is 34.9 Å². The molecule has 1 aromatic rings. The molecule has 2 N–H and O–H groups in total. The molecule has 0 spiro atoms. The maximum Gasteiger partial charge on any atom is 0.376 e. The standard InChI is InChI=1S/C14H21NO3.C8H15NO.C6H9ClO3/c1-4-17-12(16)11-10(2)15-13(18-11)14(3)8-6-5-7-9-14;1-8(7(9)10)5-3-2-4-6-8;1-3-10-6(9)5(7)4(2)8/h4-9H2,1-3H3;2-6H2,1H3,(H2,9,10);5H,3H2,1-2H3. The molecule has 216 valence electrons. The van der Waals surface area contributed by atoms with Crippen molar-refractivity contribution >= 4 is 35.2 Å². The van der Waals surface area contributed by atoms with Crippen LogP contribution in [0.3, 0.4) is 0 Å². The lowest BCUT2D eigenvalue weighted by molar-refractivity contribution is -0.144. The van der Waals surface area contributed by atoms with Gasteiger partial charge < -0.3 is 19.6 Å². The van der Waals surface area contributed by atoms with E-state index in [1.165, 1.54) is 45.4 Å². The van der Waals surface area contributed by atoms with Gasteiger partial charge in [0.15, 0.2) is 11.2 Å². The maximum atomic E-state index is 11.7. The Kier molecular flexibility index (Phi) is 14.0. The molecule has 10 heteroatoms. The van der Waals surface area contributed by atoms with Crippen LogP contribution in [0.4, 0.5) is 0 Å². The van der Waals surface area contributed by atoms with Crippen LogP contribution < -0.4 is 5.73 Å². The average molecular weight is 557 g/mol. The molecule has 0 saturated heterocycles. The Labute approximate surface area is 231 Å². The summed E-state index contributed by atoms with van der Waals surface area (Å²) in [7, 11) is 0. The van der Waals surface area contributed by atoms with Crippen molar-refractivity contribution in [1.82, 2.24) is 4.98 Å². The molecule has 1 aromatic heterocycles. The number of carbonyl (C=O) groups is 4. The highest BCUT2D eigenvalue weighted by Crippen LogP contribution is 2.39. The molecule has 1 heterocycles. The first-order chi connectivity index (χ1) is 17.8. The van der Waals surface area contributed by atoms with Gasteiger partial charge in [-0.3, -0.25) is 9.59 Å². The number of hydrogen-bond donors (Lipinski definition) is 1. The van der Waals surface area contributed by atoms with Crippen LogP contribution in [0.2, 0.25) is 0 Å². The van der Waals surface area contributed by atoms with Crippen molar-refractivity contribution in [2.24, 2.45) is 11.1 Å². The lowest BCUT2D eigenvalue weighted by atomic mass is 9.75. The van der Waals surface area contributed by atoms with Crippen molar-refractivity contribution in [3.63, 3.8) is 0 Å². The fourth-order valence-corrected chi connectivity index (χ4v) is 4.61. The van der Waals surface area contributed by atoms with Crippen LogP contribution in [0.5, 0.6) is 0 Å². The molecule has 0 radical (unpaired) electrons. The summed E-state index contributed by atoms with van der Waals surface area (Å²) in [6.07, 6.45) is 11.4. The number of aryl methyl sites for hydroxylation is 1. The zero-order chi connectivity index (χ0) is 28.9. The number of alkyl halides is 1. The Hall–Kier alpha value is -2.42.